The van der Waals surface area contributed by atoms with E-state index in [1.807, 2.05) is 23.5 Å². The van der Waals surface area contributed by atoms with E-state index in [0.29, 0.717) is 0 Å². The smallest absolute Gasteiger partial charge is 0.0584 e. The molecule has 4 aromatic carbocycles. The van der Waals surface area contributed by atoms with Crippen molar-refractivity contribution in [1.29, 1.82) is 0 Å². The van der Waals surface area contributed by atoms with E-state index in [-0.39, 0.29) is 0 Å². The first kappa shape index (κ1) is 15.6. The van der Waals surface area contributed by atoms with Crippen LogP contribution in [0.4, 0.5) is 0 Å². The van der Waals surface area contributed by atoms with E-state index in [0.717, 1.165) is 5.02 Å². The van der Waals surface area contributed by atoms with Gasteiger partial charge in [0.2, 0.25) is 0 Å². The third-order valence-corrected chi connectivity index (χ3v) is 8.11. The van der Waals surface area contributed by atoms with Gasteiger partial charge in [0, 0.05) is 46.8 Å². The SMILES string of the molecule is Clc1cccc2c1sc1c(-c3cccc4c3sc3ccccc34)cccc12. The average Bonchev–Trinajstić information content (AvgIpc) is 3.27. The molecule has 0 bridgehead atoms. The minimum atomic E-state index is 0.833. The Morgan fingerprint density at radius 2 is 1.04 bits per heavy atom. The lowest BCUT2D eigenvalue weighted by Gasteiger charge is -2.05. The fourth-order valence-electron chi connectivity index (χ4n) is 3.96. The van der Waals surface area contributed by atoms with Gasteiger partial charge >= 0.3 is 0 Å². The molecule has 0 atom stereocenters. The van der Waals surface area contributed by atoms with Crippen molar-refractivity contribution in [3.8, 4) is 11.1 Å². The standard InChI is InChI=1S/C24H13ClS2/c25-20-12-5-11-19-18-10-4-9-17(23(18)27-24(19)20)16-8-3-7-15-14-6-1-2-13-21(14)26-22(15)16/h1-13H. The van der Waals surface area contributed by atoms with Crippen LogP contribution in [0.3, 0.4) is 0 Å². The van der Waals surface area contributed by atoms with E-state index < -0.39 is 0 Å². The Labute approximate surface area is 169 Å². The Hall–Kier alpha value is -2.39. The number of rotatable bonds is 1. The third kappa shape index (κ3) is 2.21. The van der Waals surface area contributed by atoms with Crippen LogP contribution in [0.15, 0.2) is 78.9 Å². The maximum Gasteiger partial charge on any atom is 0.0584 e. The summed E-state index contributed by atoms with van der Waals surface area (Å²) >= 11 is 10.2. The van der Waals surface area contributed by atoms with Crippen LogP contribution in [0.5, 0.6) is 0 Å². The van der Waals surface area contributed by atoms with Gasteiger partial charge in [-0.25, -0.2) is 0 Å². The summed E-state index contributed by atoms with van der Waals surface area (Å²) in [6, 6.07) is 28.1. The van der Waals surface area contributed by atoms with Crippen LogP contribution in [0, 0.1) is 0 Å². The summed E-state index contributed by atoms with van der Waals surface area (Å²) in [6.07, 6.45) is 0. The largest absolute Gasteiger partial charge is 0.135 e. The lowest BCUT2D eigenvalue weighted by molar-refractivity contribution is 1.76. The van der Waals surface area contributed by atoms with Crippen molar-refractivity contribution in [2.24, 2.45) is 0 Å². The quantitative estimate of drug-likeness (QED) is 0.259. The van der Waals surface area contributed by atoms with Gasteiger partial charge in [0.25, 0.3) is 0 Å². The van der Waals surface area contributed by atoms with E-state index >= 15 is 0 Å². The van der Waals surface area contributed by atoms with E-state index in [1.54, 1.807) is 11.3 Å². The molecule has 0 spiro atoms. The van der Waals surface area contributed by atoms with Crippen LogP contribution in [0.25, 0.3) is 51.5 Å². The molecule has 2 aromatic heterocycles. The fraction of sp³-hybridized carbons (Fsp3) is 0. The van der Waals surface area contributed by atoms with Gasteiger partial charge in [-0.3, -0.25) is 0 Å². The Morgan fingerprint density at radius 3 is 1.81 bits per heavy atom. The minimum absolute atomic E-state index is 0.833. The molecule has 0 fully saturated rings. The molecular weight excluding hydrogens is 388 g/mol. The molecule has 3 heteroatoms. The van der Waals surface area contributed by atoms with Gasteiger partial charge in [-0.1, -0.05) is 78.3 Å². The highest BCUT2D eigenvalue weighted by Crippen LogP contribution is 2.46. The van der Waals surface area contributed by atoms with Gasteiger partial charge in [0.1, 0.15) is 0 Å². The van der Waals surface area contributed by atoms with Crippen molar-refractivity contribution >= 4 is 74.6 Å². The van der Waals surface area contributed by atoms with Crippen LogP contribution in [-0.2, 0) is 0 Å². The molecule has 0 aliphatic rings. The summed E-state index contributed by atoms with van der Waals surface area (Å²) in [4.78, 5) is 0. The van der Waals surface area contributed by atoms with Gasteiger partial charge in [-0.2, -0.15) is 0 Å². The topological polar surface area (TPSA) is 0 Å². The lowest BCUT2D eigenvalue weighted by atomic mass is 10.0. The molecule has 0 saturated heterocycles. The first-order valence-corrected chi connectivity index (χ1v) is 10.8. The van der Waals surface area contributed by atoms with Crippen molar-refractivity contribution in [3.63, 3.8) is 0 Å². The van der Waals surface area contributed by atoms with Crippen molar-refractivity contribution in [1.82, 2.24) is 0 Å². The number of thiophene rings is 2. The van der Waals surface area contributed by atoms with Gasteiger partial charge in [0.05, 0.1) is 9.72 Å². The van der Waals surface area contributed by atoms with E-state index in [2.05, 4.69) is 66.7 Å². The maximum atomic E-state index is 6.49. The second kappa shape index (κ2) is 5.80. The molecule has 2 heterocycles. The number of hydrogen-bond acceptors (Lipinski definition) is 2. The lowest BCUT2D eigenvalue weighted by Crippen LogP contribution is -1.78. The molecule has 6 aromatic rings. The van der Waals surface area contributed by atoms with E-state index in [9.17, 15) is 0 Å². The summed E-state index contributed by atoms with van der Waals surface area (Å²) in [5.41, 5.74) is 2.60. The average molecular weight is 401 g/mol. The van der Waals surface area contributed by atoms with Crippen molar-refractivity contribution < 1.29 is 0 Å². The molecule has 0 nitrogen and oxygen atoms in total. The van der Waals surface area contributed by atoms with Gasteiger partial charge in [0.15, 0.2) is 0 Å². The Balaban J connectivity index is 1.76. The molecule has 0 unspecified atom stereocenters. The second-order valence-corrected chi connectivity index (χ2v) is 9.16. The zero-order chi connectivity index (χ0) is 18.0. The molecule has 6 rings (SSSR count). The first-order valence-electron chi connectivity index (χ1n) is 8.81. The van der Waals surface area contributed by atoms with Crippen molar-refractivity contribution in [2.75, 3.05) is 0 Å². The van der Waals surface area contributed by atoms with Gasteiger partial charge < -0.3 is 0 Å². The zero-order valence-corrected chi connectivity index (χ0v) is 16.6. The Morgan fingerprint density at radius 1 is 0.481 bits per heavy atom. The number of halogens is 1. The van der Waals surface area contributed by atoms with Crippen LogP contribution in [0.2, 0.25) is 5.02 Å². The van der Waals surface area contributed by atoms with Gasteiger partial charge in [-0.05, 0) is 12.1 Å². The highest BCUT2D eigenvalue weighted by molar-refractivity contribution is 7.27. The van der Waals surface area contributed by atoms with Crippen LogP contribution in [0.1, 0.15) is 0 Å². The Kier molecular flexibility index (Phi) is 3.36. The number of fused-ring (bicyclic) bond motifs is 6. The fourth-order valence-corrected chi connectivity index (χ4v) is 6.71. The maximum absolute atomic E-state index is 6.49. The summed E-state index contributed by atoms with van der Waals surface area (Å²) in [5.74, 6) is 0. The number of hydrogen-bond donors (Lipinski definition) is 0. The molecule has 27 heavy (non-hydrogen) atoms. The second-order valence-electron chi connectivity index (χ2n) is 6.68. The third-order valence-electron chi connectivity index (χ3n) is 5.17. The highest BCUT2D eigenvalue weighted by atomic mass is 35.5. The molecule has 128 valence electrons. The van der Waals surface area contributed by atoms with E-state index in [1.165, 1.54) is 51.5 Å². The molecule has 0 N–H and O–H groups in total. The summed E-state index contributed by atoms with van der Waals surface area (Å²) in [5, 5.41) is 6.04. The molecular formula is C24H13ClS2. The normalized spacial score (nSPS) is 11.9. The molecule has 0 saturated carbocycles. The molecule has 0 radical (unpaired) electrons. The summed E-state index contributed by atoms with van der Waals surface area (Å²) < 4.78 is 5.18. The summed E-state index contributed by atoms with van der Waals surface area (Å²) in [7, 11) is 0. The minimum Gasteiger partial charge on any atom is -0.135 e. The summed E-state index contributed by atoms with van der Waals surface area (Å²) in [6.45, 7) is 0. The van der Waals surface area contributed by atoms with Crippen LogP contribution >= 0.6 is 34.3 Å². The molecule has 0 aliphatic carbocycles. The van der Waals surface area contributed by atoms with Gasteiger partial charge in [-0.15, -0.1) is 22.7 Å². The predicted molar refractivity (Wildman–Crippen MR) is 123 cm³/mol. The first-order chi connectivity index (χ1) is 13.3. The van der Waals surface area contributed by atoms with Crippen LogP contribution in [-0.4, -0.2) is 0 Å². The monoisotopic (exact) mass is 400 g/mol. The molecule has 0 amide bonds. The van der Waals surface area contributed by atoms with Crippen molar-refractivity contribution in [3.05, 3.63) is 83.9 Å². The Bertz CT molecular complexity index is 1490. The van der Waals surface area contributed by atoms with Crippen molar-refractivity contribution in [2.45, 2.75) is 0 Å². The highest BCUT2D eigenvalue weighted by Gasteiger charge is 2.15. The molecule has 0 aliphatic heterocycles. The zero-order valence-electron chi connectivity index (χ0n) is 14.2. The van der Waals surface area contributed by atoms with E-state index in [4.69, 9.17) is 11.6 Å². The number of benzene rings is 4. The predicted octanol–water partition coefficient (Wildman–Crippen LogP) is 8.74. The van der Waals surface area contributed by atoms with Crippen LogP contribution < -0.4 is 0 Å².